The molecule has 0 amide bonds. The quantitative estimate of drug-likeness (QED) is 0.420. The van der Waals surface area contributed by atoms with E-state index >= 15 is 0 Å². The summed E-state index contributed by atoms with van der Waals surface area (Å²) in [5.41, 5.74) is -0.0813. The van der Waals surface area contributed by atoms with E-state index in [2.05, 4.69) is 41.4 Å². The summed E-state index contributed by atoms with van der Waals surface area (Å²) in [6.07, 6.45) is -2.91. The maximum atomic E-state index is 13.0. The predicted octanol–water partition coefficient (Wildman–Crippen LogP) is 2.60. The van der Waals surface area contributed by atoms with Crippen molar-refractivity contribution >= 4 is 23.2 Å². The highest BCUT2D eigenvalue weighted by molar-refractivity contribution is 7.95. The highest BCUT2D eigenvalue weighted by Crippen LogP contribution is 2.57. The zero-order valence-corrected chi connectivity index (χ0v) is 18.2. The summed E-state index contributed by atoms with van der Waals surface area (Å²) < 4.78 is 39.1. The Hall–Kier alpha value is -2.68. The van der Waals surface area contributed by atoms with Gasteiger partial charge in [0.1, 0.15) is 29.3 Å². The van der Waals surface area contributed by atoms with Crippen LogP contribution in [0.5, 0.6) is 0 Å². The Labute approximate surface area is 186 Å². The molecule has 0 fully saturated rings. The van der Waals surface area contributed by atoms with Gasteiger partial charge < -0.3 is 12.4 Å². The van der Waals surface area contributed by atoms with Crippen LogP contribution in [0.4, 0.5) is 13.2 Å². The van der Waals surface area contributed by atoms with E-state index in [-0.39, 0.29) is 12.4 Å². The zero-order valence-electron chi connectivity index (χ0n) is 16.5. The first-order valence-electron chi connectivity index (χ1n) is 9.57. The van der Waals surface area contributed by atoms with E-state index in [9.17, 15) is 13.2 Å². The second-order valence-corrected chi connectivity index (χ2v) is 10.5. The smallest absolute Gasteiger partial charge is 0.417 e. The van der Waals surface area contributed by atoms with Gasteiger partial charge >= 0.3 is 6.18 Å². The molecule has 0 spiro atoms. The number of nitrogens with zero attached hydrogens (tertiary/aromatic N) is 1. The lowest BCUT2D eigenvalue weighted by molar-refractivity contribution is -0.137. The monoisotopic (exact) mass is 457 g/mol. The van der Waals surface area contributed by atoms with Crippen LogP contribution in [-0.2, 0) is 12.3 Å². The molecule has 1 aromatic heterocycles. The van der Waals surface area contributed by atoms with Crippen LogP contribution in [-0.4, -0.2) is 4.98 Å². The van der Waals surface area contributed by atoms with Crippen molar-refractivity contribution in [2.45, 2.75) is 12.3 Å². The molecule has 0 saturated heterocycles. The molecule has 0 aliphatic heterocycles. The van der Waals surface area contributed by atoms with Crippen molar-refractivity contribution in [1.29, 1.82) is 0 Å². The van der Waals surface area contributed by atoms with Gasteiger partial charge in [0, 0.05) is 6.20 Å². The first-order chi connectivity index (χ1) is 14.5. The van der Waals surface area contributed by atoms with Crippen LogP contribution in [0.25, 0.3) is 0 Å². The lowest BCUT2D eigenvalue weighted by Crippen LogP contribution is -3.00. The number of pyridine rings is 1. The summed E-state index contributed by atoms with van der Waals surface area (Å²) in [5, 5.41) is 3.51. The van der Waals surface area contributed by atoms with Crippen molar-refractivity contribution < 1.29 is 25.6 Å². The van der Waals surface area contributed by atoms with Crippen LogP contribution in [0.3, 0.4) is 0 Å². The SMILES string of the molecule is FC(F)(F)c1ccc(C[P+](c2ccccc2)(c2ccccc2)c2ccccc2)nc1.[Cl-]. The van der Waals surface area contributed by atoms with Gasteiger partial charge in [-0.25, -0.2) is 0 Å². The second kappa shape index (κ2) is 9.64. The summed E-state index contributed by atoms with van der Waals surface area (Å²) in [6.45, 7) is 0. The first-order valence-corrected chi connectivity index (χ1v) is 11.5. The Balaban J connectivity index is 0.00000272. The van der Waals surface area contributed by atoms with Crippen LogP contribution in [0.2, 0.25) is 0 Å². The highest BCUT2D eigenvalue weighted by Gasteiger charge is 2.45. The molecular formula is C25H20ClF3NP. The lowest BCUT2D eigenvalue weighted by atomic mass is 10.2. The van der Waals surface area contributed by atoms with Gasteiger partial charge in [0.15, 0.2) is 0 Å². The number of aromatic nitrogens is 1. The molecule has 6 heteroatoms. The third kappa shape index (κ3) is 4.81. The van der Waals surface area contributed by atoms with Gasteiger partial charge in [0.05, 0.1) is 11.3 Å². The molecule has 0 N–H and O–H groups in total. The molecule has 4 aromatic rings. The Morgan fingerprint density at radius 1 is 0.613 bits per heavy atom. The van der Waals surface area contributed by atoms with Gasteiger partial charge in [-0.3, -0.25) is 4.98 Å². The van der Waals surface area contributed by atoms with Gasteiger partial charge in [-0.2, -0.15) is 13.2 Å². The van der Waals surface area contributed by atoms with E-state index in [4.69, 9.17) is 0 Å². The van der Waals surface area contributed by atoms with E-state index in [0.717, 1.165) is 12.3 Å². The van der Waals surface area contributed by atoms with Crippen molar-refractivity contribution in [3.05, 3.63) is 121 Å². The van der Waals surface area contributed by atoms with Gasteiger partial charge in [0.25, 0.3) is 0 Å². The predicted molar refractivity (Wildman–Crippen MR) is 118 cm³/mol. The number of benzene rings is 3. The van der Waals surface area contributed by atoms with Crippen LogP contribution in [0.1, 0.15) is 11.3 Å². The summed E-state index contributed by atoms with van der Waals surface area (Å²) in [4.78, 5) is 4.21. The minimum atomic E-state index is -4.39. The van der Waals surface area contributed by atoms with E-state index in [1.807, 2.05) is 54.6 Å². The number of halogens is 4. The van der Waals surface area contributed by atoms with E-state index in [1.54, 1.807) is 0 Å². The molecule has 0 aliphatic rings. The molecule has 0 saturated carbocycles. The Bertz CT molecular complexity index is 990. The molecule has 0 radical (unpaired) electrons. The molecular weight excluding hydrogens is 438 g/mol. The standard InChI is InChI=1S/C25H20F3NP.ClH/c26-25(27,28)20-16-17-21(29-18-20)19-30(22-10-4-1-5-11-22,23-12-6-2-7-13-23)24-14-8-3-9-15-24;/h1-18H,19H2;1H/q+1;/p-1. The minimum absolute atomic E-state index is 0. The van der Waals surface area contributed by atoms with Crippen LogP contribution in [0.15, 0.2) is 109 Å². The third-order valence-corrected chi connectivity index (χ3v) is 9.48. The summed E-state index contributed by atoms with van der Waals surface area (Å²) in [7, 11) is -2.17. The molecule has 4 rings (SSSR count). The first kappa shape index (κ1) is 23.0. The van der Waals surface area contributed by atoms with Crippen LogP contribution in [0, 0.1) is 0 Å². The molecule has 0 atom stereocenters. The second-order valence-electron chi connectivity index (χ2n) is 7.01. The van der Waals surface area contributed by atoms with E-state index in [0.29, 0.717) is 11.9 Å². The van der Waals surface area contributed by atoms with Crippen molar-refractivity contribution in [3.8, 4) is 0 Å². The van der Waals surface area contributed by atoms with Gasteiger partial charge in [0.2, 0.25) is 0 Å². The fourth-order valence-electron chi connectivity index (χ4n) is 3.70. The zero-order chi connectivity index (χ0) is 21.0. The topological polar surface area (TPSA) is 12.9 Å². The molecule has 3 aromatic carbocycles. The molecule has 1 heterocycles. The highest BCUT2D eigenvalue weighted by atomic mass is 35.5. The maximum absolute atomic E-state index is 13.0. The Kier molecular flexibility index (Phi) is 7.15. The number of alkyl halides is 3. The number of rotatable bonds is 5. The van der Waals surface area contributed by atoms with Crippen molar-refractivity contribution in [2.24, 2.45) is 0 Å². The molecule has 0 aliphatic carbocycles. The van der Waals surface area contributed by atoms with Gasteiger partial charge in [-0.05, 0) is 48.5 Å². The van der Waals surface area contributed by atoms with Crippen LogP contribution >= 0.6 is 7.26 Å². The Morgan fingerprint density at radius 3 is 1.35 bits per heavy atom. The van der Waals surface area contributed by atoms with Crippen molar-refractivity contribution in [3.63, 3.8) is 0 Å². The third-order valence-electron chi connectivity index (χ3n) is 5.14. The molecule has 0 bridgehead atoms. The van der Waals surface area contributed by atoms with Crippen LogP contribution < -0.4 is 28.3 Å². The molecule has 31 heavy (non-hydrogen) atoms. The average Bonchev–Trinajstić information content (AvgIpc) is 2.79. The number of hydrogen-bond donors (Lipinski definition) is 0. The number of hydrogen-bond acceptors (Lipinski definition) is 1. The summed E-state index contributed by atoms with van der Waals surface area (Å²) in [5.74, 6) is 0. The van der Waals surface area contributed by atoms with Gasteiger partial charge in [-0.1, -0.05) is 54.6 Å². The maximum Gasteiger partial charge on any atom is 0.417 e. The average molecular weight is 458 g/mol. The largest absolute Gasteiger partial charge is 1.00 e. The Morgan fingerprint density at radius 2 is 1.03 bits per heavy atom. The summed E-state index contributed by atoms with van der Waals surface area (Å²) >= 11 is 0. The lowest BCUT2D eigenvalue weighted by Gasteiger charge is -2.27. The van der Waals surface area contributed by atoms with Crippen molar-refractivity contribution in [1.82, 2.24) is 4.98 Å². The summed E-state index contributed by atoms with van der Waals surface area (Å²) in [6, 6.07) is 33.3. The van der Waals surface area contributed by atoms with Crippen molar-refractivity contribution in [2.75, 3.05) is 0 Å². The molecule has 0 unspecified atom stereocenters. The van der Waals surface area contributed by atoms with Gasteiger partial charge in [-0.15, -0.1) is 0 Å². The fraction of sp³-hybridized carbons (Fsp3) is 0.0800. The van der Waals surface area contributed by atoms with E-state index < -0.39 is 19.0 Å². The molecule has 158 valence electrons. The normalized spacial score (nSPS) is 11.6. The van der Waals surface area contributed by atoms with E-state index in [1.165, 1.54) is 22.0 Å². The minimum Gasteiger partial charge on any atom is -1.00 e. The molecule has 1 nitrogen and oxygen atoms in total. The fourth-order valence-corrected chi connectivity index (χ4v) is 7.86.